The molecule has 0 bridgehead atoms. The van der Waals surface area contributed by atoms with Crippen LogP contribution in [0.2, 0.25) is 0 Å². The molecule has 0 aliphatic heterocycles. The summed E-state index contributed by atoms with van der Waals surface area (Å²) in [5.41, 5.74) is 0.722. The molecule has 0 saturated heterocycles. The van der Waals surface area contributed by atoms with Crippen molar-refractivity contribution in [3.63, 3.8) is 0 Å². The van der Waals surface area contributed by atoms with Crippen LogP contribution in [0.25, 0.3) is 0 Å². The number of hydrogen-bond acceptors (Lipinski definition) is 2. The van der Waals surface area contributed by atoms with Gasteiger partial charge in [-0.2, -0.15) is 0 Å². The lowest BCUT2D eigenvalue weighted by Crippen LogP contribution is -2.18. The predicted molar refractivity (Wildman–Crippen MR) is 66.2 cm³/mol. The lowest BCUT2D eigenvalue weighted by atomic mass is 10.2. The van der Waals surface area contributed by atoms with Gasteiger partial charge in [0.15, 0.2) is 0 Å². The zero-order chi connectivity index (χ0) is 14.1. The lowest BCUT2D eigenvalue weighted by Gasteiger charge is -2.09. The van der Waals surface area contributed by atoms with E-state index in [2.05, 4.69) is 16.6 Å². The zero-order valence-electron chi connectivity index (χ0n) is 9.97. The molecule has 0 aliphatic carbocycles. The van der Waals surface area contributed by atoms with E-state index in [1.165, 1.54) is 0 Å². The largest absolute Gasteiger partial charge is 0.522 e. The van der Waals surface area contributed by atoms with E-state index in [0.717, 1.165) is 5.56 Å². The van der Waals surface area contributed by atoms with Crippen molar-refractivity contribution in [1.29, 1.82) is 0 Å². The van der Waals surface area contributed by atoms with Gasteiger partial charge in [0.05, 0.1) is 6.61 Å². The summed E-state index contributed by atoms with van der Waals surface area (Å²) in [6.45, 7) is -0.732. The van der Waals surface area contributed by atoms with Gasteiger partial charge in [-0.05, 0) is 18.2 Å². The second-order valence-corrected chi connectivity index (χ2v) is 3.79. The van der Waals surface area contributed by atoms with E-state index in [1.807, 2.05) is 0 Å². The summed E-state index contributed by atoms with van der Waals surface area (Å²) < 4.78 is 43.9. The fraction of sp³-hybridized carbons (Fsp3) is 0.385. The Hall–Kier alpha value is -1.38. The minimum absolute atomic E-state index is 0.182. The molecule has 0 atom stereocenters. The van der Waals surface area contributed by atoms with Gasteiger partial charge in [-0.15, -0.1) is 24.8 Å². The Bertz CT molecular complexity index is 449. The average Bonchev–Trinajstić information content (AvgIpc) is 2.35. The zero-order valence-corrected chi connectivity index (χ0v) is 10.7. The first-order chi connectivity index (χ1) is 9.01. The van der Waals surface area contributed by atoms with Crippen LogP contribution in [0.1, 0.15) is 12.0 Å². The molecular weight excluding hydrogens is 281 g/mol. The quantitative estimate of drug-likeness (QED) is 0.469. The van der Waals surface area contributed by atoms with Crippen molar-refractivity contribution < 1.29 is 22.6 Å². The second-order valence-electron chi connectivity index (χ2n) is 3.41. The number of rotatable bonds is 5. The summed E-state index contributed by atoms with van der Waals surface area (Å²) in [7, 11) is 0. The molecule has 6 heteroatoms. The maximum Gasteiger partial charge on any atom is 0.522 e. The van der Waals surface area contributed by atoms with E-state index < -0.39 is 13.0 Å². The van der Waals surface area contributed by atoms with Crippen LogP contribution in [0.5, 0.6) is 5.75 Å². The molecule has 0 aliphatic rings. The normalized spacial score (nSPS) is 10.7. The molecule has 0 heterocycles. The number of halogens is 4. The predicted octanol–water partition coefficient (Wildman–Crippen LogP) is 3.58. The molecule has 0 spiro atoms. The summed E-state index contributed by atoms with van der Waals surface area (Å²) in [4.78, 5) is 0. The highest BCUT2D eigenvalue weighted by molar-refractivity contribution is 6.18. The molecule has 0 fully saturated rings. The molecule has 1 rings (SSSR count). The first-order valence-electron chi connectivity index (χ1n) is 5.49. The average molecular weight is 293 g/mol. The van der Waals surface area contributed by atoms with E-state index in [1.54, 1.807) is 24.3 Å². The molecule has 0 N–H and O–H groups in total. The number of hydrogen-bond donors (Lipinski definition) is 0. The van der Waals surface area contributed by atoms with Crippen molar-refractivity contribution in [1.82, 2.24) is 0 Å². The van der Waals surface area contributed by atoms with Crippen LogP contribution in [-0.4, -0.2) is 25.5 Å². The van der Waals surface area contributed by atoms with Crippen LogP contribution in [0.4, 0.5) is 13.2 Å². The molecule has 2 nitrogen and oxygen atoms in total. The highest BCUT2D eigenvalue weighted by Gasteiger charge is 2.28. The van der Waals surface area contributed by atoms with Gasteiger partial charge in [-0.3, -0.25) is 4.74 Å². The molecule has 104 valence electrons. The van der Waals surface area contributed by atoms with Crippen molar-refractivity contribution >= 4 is 11.6 Å². The van der Waals surface area contributed by atoms with Crippen LogP contribution in [0.15, 0.2) is 24.3 Å². The maximum absolute atomic E-state index is 11.7. The number of benzene rings is 1. The molecular formula is C13H12ClF3O2. The highest BCUT2D eigenvalue weighted by Crippen LogP contribution is 2.16. The van der Waals surface area contributed by atoms with Crippen LogP contribution in [0.3, 0.4) is 0 Å². The van der Waals surface area contributed by atoms with Gasteiger partial charge in [0.1, 0.15) is 12.4 Å². The summed E-state index contributed by atoms with van der Waals surface area (Å²) in [5, 5.41) is 0. The Morgan fingerprint density at radius 3 is 2.68 bits per heavy atom. The van der Waals surface area contributed by atoms with Gasteiger partial charge in [0, 0.05) is 17.9 Å². The van der Waals surface area contributed by atoms with Gasteiger partial charge in [-0.25, -0.2) is 0 Å². The van der Waals surface area contributed by atoms with E-state index in [9.17, 15) is 13.2 Å². The van der Waals surface area contributed by atoms with Crippen LogP contribution in [-0.2, 0) is 4.74 Å². The third kappa shape index (κ3) is 7.60. The lowest BCUT2D eigenvalue weighted by molar-refractivity contribution is -0.325. The minimum atomic E-state index is -4.63. The molecule has 0 unspecified atom stereocenters. The smallest absolute Gasteiger partial charge is 0.491 e. The minimum Gasteiger partial charge on any atom is -0.491 e. The van der Waals surface area contributed by atoms with Crippen molar-refractivity contribution in [3.8, 4) is 17.6 Å². The van der Waals surface area contributed by atoms with Gasteiger partial charge < -0.3 is 4.74 Å². The molecule has 1 aromatic carbocycles. The summed E-state index contributed by atoms with van der Waals surface area (Å²) in [5.74, 6) is 6.63. The van der Waals surface area contributed by atoms with E-state index >= 15 is 0 Å². The first kappa shape index (κ1) is 15.7. The Morgan fingerprint density at radius 1 is 1.21 bits per heavy atom. The van der Waals surface area contributed by atoms with E-state index in [-0.39, 0.29) is 6.61 Å². The SMILES string of the molecule is FC(F)(F)OCCOc1cccc(C#CCCCl)c1. The van der Waals surface area contributed by atoms with Crippen molar-refractivity contribution in [3.05, 3.63) is 29.8 Å². The van der Waals surface area contributed by atoms with Gasteiger partial charge in [0.2, 0.25) is 0 Å². The summed E-state index contributed by atoms with van der Waals surface area (Å²) in [6.07, 6.45) is -4.05. The Balaban J connectivity index is 2.43. The first-order valence-corrected chi connectivity index (χ1v) is 6.03. The Labute approximate surface area is 114 Å². The molecule has 0 saturated carbocycles. The fourth-order valence-electron chi connectivity index (χ4n) is 1.19. The van der Waals surface area contributed by atoms with Crippen LogP contribution in [0, 0.1) is 11.8 Å². The molecule has 0 radical (unpaired) electrons. The van der Waals surface area contributed by atoms with Crippen molar-refractivity contribution in [2.45, 2.75) is 12.8 Å². The summed E-state index contributed by atoms with van der Waals surface area (Å²) in [6, 6.07) is 6.78. The van der Waals surface area contributed by atoms with Crippen molar-refractivity contribution in [2.24, 2.45) is 0 Å². The molecule has 0 aromatic heterocycles. The third-order valence-corrected chi connectivity index (χ3v) is 2.09. The standard InChI is InChI=1S/C13H12ClF3O2/c14-7-2-1-4-11-5-3-6-12(10-11)18-8-9-19-13(15,16)17/h3,5-6,10H,2,7-9H2. The topological polar surface area (TPSA) is 18.5 Å². The van der Waals surface area contributed by atoms with Gasteiger partial charge in [-0.1, -0.05) is 17.9 Å². The van der Waals surface area contributed by atoms with E-state index in [4.69, 9.17) is 16.3 Å². The fourth-order valence-corrected chi connectivity index (χ4v) is 1.29. The second kappa shape index (κ2) is 7.93. The van der Waals surface area contributed by atoms with Crippen molar-refractivity contribution in [2.75, 3.05) is 19.1 Å². The number of alkyl halides is 4. The third-order valence-electron chi connectivity index (χ3n) is 1.90. The highest BCUT2D eigenvalue weighted by atomic mass is 35.5. The Morgan fingerprint density at radius 2 is 2.00 bits per heavy atom. The maximum atomic E-state index is 11.7. The summed E-state index contributed by atoms with van der Waals surface area (Å²) >= 11 is 5.49. The monoisotopic (exact) mass is 292 g/mol. The number of ether oxygens (including phenoxy) is 2. The van der Waals surface area contributed by atoms with Gasteiger partial charge in [0.25, 0.3) is 0 Å². The Kier molecular flexibility index (Phi) is 6.54. The van der Waals surface area contributed by atoms with Gasteiger partial charge >= 0.3 is 6.36 Å². The van der Waals surface area contributed by atoms with E-state index in [0.29, 0.717) is 18.1 Å². The van der Waals surface area contributed by atoms with Crippen LogP contribution < -0.4 is 4.74 Å². The molecule has 0 amide bonds. The molecule has 19 heavy (non-hydrogen) atoms. The molecule has 1 aromatic rings. The van der Waals surface area contributed by atoms with Crippen LogP contribution >= 0.6 is 11.6 Å².